The van der Waals surface area contributed by atoms with E-state index >= 15 is 0 Å². The number of hydrogen-bond acceptors (Lipinski definition) is 1. The molecule has 2 nitrogen and oxygen atoms in total. The van der Waals surface area contributed by atoms with Crippen molar-refractivity contribution in [2.75, 3.05) is 6.54 Å². The summed E-state index contributed by atoms with van der Waals surface area (Å²) in [7, 11) is 0. The van der Waals surface area contributed by atoms with E-state index < -0.39 is 0 Å². The highest BCUT2D eigenvalue weighted by molar-refractivity contribution is 9.10. The lowest BCUT2D eigenvalue weighted by Gasteiger charge is -2.19. The van der Waals surface area contributed by atoms with Gasteiger partial charge in [-0.1, -0.05) is 32.4 Å². The Bertz CT molecular complexity index is 398. The van der Waals surface area contributed by atoms with E-state index in [2.05, 4.69) is 42.0 Å². The second-order valence-corrected chi connectivity index (χ2v) is 6.16. The molecule has 0 aliphatic carbocycles. The molecule has 4 heteroatoms. The highest BCUT2D eigenvalue weighted by Gasteiger charge is 2.14. The van der Waals surface area contributed by atoms with Crippen molar-refractivity contribution >= 4 is 33.4 Å². The summed E-state index contributed by atoms with van der Waals surface area (Å²) >= 11 is 9.13. The lowest BCUT2D eigenvalue weighted by molar-refractivity contribution is 0.0938. The zero-order chi connectivity index (χ0) is 12.3. The number of hydrogen-bond donors (Lipinski definition) is 1. The van der Waals surface area contributed by atoms with Crippen LogP contribution in [-0.2, 0) is 0 Å². The van der Waals surface area contributed by atoms with Gasteiger partial charge in [0, 0.05) is 16.0 Å². The van der Waals surface area contributed by atoms with Gasteiger partial charge in [0.05, 0.1) is 5.56 Å². The van der Waals surface area contributed by atoms with Crippen LogP contribution in [0, 0.1) is 5.41 Å². The number of rotatable bonds is 2. The van der Waals surface area contributed by atoms with Gasteiger partial charge < -0.3 is 5.32 Å². The molecule has 0 spiro atoms. The molecule has 0 aliphatic heterocycles. The Hall–Kier alpha value is -0.540. The standard InChI is InChI=1S/C12H15BrClNO/c1-12(2,3)7-15-11(16)9-5-4-8(14)6-10(9)13/h4-6H,7H2,1-3H3,(H,15,16). The molecule has 0 fully saturated rings. The van der Waals surface area contributed by atoms with E-state index in [9.17, 15) is 4.79 Å². The first-order chi connectivity index (χ1) is 7.29. The van der Waals surface area contributed by atoms with E-state index in [1.807, 2.05) is 0 Å². The van der Waals surface area contributed by atoms with E-state index in [1.165, 1.54) is 0 Å². The highest BCUT2D eigenvalue weighted by atomic mass is 79.9. The van der Waals surface area contributed by atoms with Crippen LogP contribution >= 0.6 is 27.5 Å². The molecule has 0 radical (unpaired) electrons. The normalized spacial score (nSPS) is 11.3. The van der Waals surface area contributed by atoms with E-state index in [0.717, 1.165) is 0 Å². The van der Waals surface area contributed by atoms with Crippen molar-refractivity contribution in [1.29, 1.82) is 0 Å². The third-order valence-corrected chi connectivity index (χ3v) is 2.85. The summed E-state index contributed by atoms with van der Waals surface area (Å²) < 4.78 is 0.714. The predicted molar refractivity (Wildman–Crippen MR) is 70.9 cm³/mol. The van der Waals surface area contributed by atoms with Crippen LogP contribution in [0.4, 0.5) is 0 Å². The van der Waals surface area contributed by atoms with Crippen LogP contribution in [0.3, 0.4) is 0 Å². The molecule has 1 aromatic rings. The van der Waals surface area contributed by atoms with Crippen LogP contribution in [0.25, 0.3) is 0 Å². The Labute approximate surface area is 110 Å². The van der Waals surface area contributed by atoms with Gasteiger partial charge in [0.15, 0.2) is 0 Å². The van der Waals surface area contributed by atoms with Crippen LogP contribution in [0.15, 0.2) is 22.7 Å². The highest BCUT2D eigenvalue weighted by Crippen LogP contribution is 2.21. The van der Waals surface area contributed by atoms with Crippen LogP contribution in [0.1, 0.15) is 31.1 Å². The molecule has 0 aromatic heterocycles. The van der Waals surface area contributed by atoms with Gasteiger partial charge in [-0.2, -0.15) is 0 Å². The molecule has 0 saturated heterocycles. The summed E-state index contributed by atoms with van der Waals surface area (Å²) in [6, 6.07) is 5.14. The molecule has 0 aliphatic rings. The molecule has 0 bridgehead atoms. The molecule has 1 rings (SSSR count). The predicted octanol–water partition coefficient (Wildman–Crippen LogP) is 3.88. The van der Waals surface area contributed by atoms with E-state index in [1.54, 1.807) is 18.2 Å². The average molecular weight is 305 g/mol. The molecular formula is C12H15BrClNO. The first-order valence-corrected chi connectivity index (χ1v) is 6.20. The Morgan fingerprint density at radius 1 is 1.44 bits per heavy atom. The lowest BCUT2D eigenvalue weighted by atomic mass is 9.97. The quantitative estimate of drug-likeness (QED) is 0.882. The summed E-state index contributed by atoms with van der Waals surface area (Å²) in [5.41, 5.74) is 0.683. The van der Waals surface area contributed by atoms with Crippen molar-refractivity contribution < 1.29 is 4.79 Å². The van der Waals surface area contributed by atoms with Gasteiger partial charge in [-0.3, -0.25) is 4.79 Å². The van der Waals surface area contributed by atoms with Crippen LogP contribution in [0.5, 0.6) is 0 Å². The molecule has 1 N–H and O–H groups in total. The van der Waals surface area contributed by atoms with Crippen LogP contribution in [-0.4, -0.2) is 12.5 Å². The average Bonchev–Trinajstić information content (AvgIpc) is 2.13. The van der Waals surface area contributed by atoms with Crippen molar-refractivity contribution in [2.45, 2.75) is 20.8 Å². The molecule has 0 atom stereocenters. The number of benzene rings is 1. The summed E-state index contributed by atoms with van der Waals surface area (Å²) in [4.78, 5) is 11.8. The summed E-state index contributed by atoms with van der Waals surface area (Å²) in [6.07, 6.45) is 0. The van der Waals surface area contributed by atoms with Gasteiger partial charge >= 0.3 is 0 Å². The fourth-order valence-electron chi connectivity index (χ4n) is 1.11. The molecular weight excluding hydrogens is 289 g/mol. The van der Waals surface area contributed by atoms with Crippen LogP contribution in [0.2, 0.25) is 5.02 Å². The molecule has 0 heterocycles. The molecule has 88 valence electrons. The topological polar surface area (TPSA) is 29.1 Å². The third-order valence-electron chi connectivity index (χ3n) is 1.96. The minimum atomic E-state index is -0.0848. The fourth-order valence-corrected chi connectivity index (χ4v) is 1.98. The van der Waals surface area contributed by atoms with Gasteiger partial charge in [0.2, 0.25) is 0 Å². The number of amides is 1. The number of halogens is 2. The SMILES string of the molecule is CC(C)(C)CNC(=O)c1ccc(Cl)cc1Br. The maximum Gasteiger partial charge on any atom is 0.252 e. The van der Waals surface area contributed by atoms with Crippen molar-refractivity contribution in [3.8, 4) is 0 Å². The van der Waals surface area contributed by atoms with Gasteiger partial charge in [0.25, 0.3) is 5.91 Å². The van der Waals surface area contributed by atoms with Crippen molar-refractivity contribution in [1.82, 2.24) is 5.32 Å². The first kappa shape index (κ1) is 13.5. The second kappa shape index (κ2) is 5.19. The molecule has 0 saturated carbocycles. The zero-order valence-electron chi connectivity index (χ0n) is 9.60. The van der Waals surface area contributed by atoms with Gasteiger partial charge in [-0.25, -0.2) is 0 Å². The zero-order valence-corrected chi connectivity index (χ0v) is 11.9. The maximum atomic E-state index is 11.8. The number of nitrogens with one attached hydrogen (secondary N) is 1. The first-order valence-electron chi connectivity index (χ1n) is 5.03. The fraction of sp³-hybridized carbons (Fsp3) is 0.417. The smallest absolute Gasteiger partial charge is 0.252 e. The minimum absolute atomic E-state index is 0.0779. The van der Waals surface area contributed by atoms with Crippen molar-refractivity contribution in [3.05, 3.63) is 33.3 Å². The maximum absolute atomic E-state index is 11.8. The van der Waals surface area contributed by atoms with Gasteiger partial charge in [-0.05, 0) is 39.5 Å². The number of carbonyl (C=O) groups is 1. The summed E-state index contributed by atoms with van der Waals surface area (Å²) in [5, 5.41) is 3.50. The third kappa shape index (κ3) is 4.14. The largest absolute Gasteiger partial charge is 0.351 e. The molecule has 0 unspecified atom stereocenters. The van der Waals surface area contributed by atoms with E-state index in [-0.39, 0.29) is 11.3 Å². The molecule has 1 amide bonds. The Kier molecular flexibility index (Phi) is 4.39. The molecule has 16 heavy (non-hydrogen) atoms. The second-order valence-electron chi connectivity index (χ2n) is 4.87. The van der Waals surface area contributed by atoms with Crippen LogP contribution < -0.4 is 5.32 Å². The Balaban J connectivity index is 2.74. The minimum Gasteiger partial charge on any atom is -0.351 e. The number of carbonyl (C=O) groups excluding carboxylic acids is 1. The van der Waals surface area contributed by atoms with E-state index in [0.29, 0.717) is 21.6 Å². The van der Waals surface area contributed by atoms with Crippen molar-refractivity contribution in [3.63, 3.8) is 0 Å². The monoisotopic (exact) mass is 303 g/mol. The summed E-state index contributed by atoms with van der Waals surface area (Å²) in [5.74, 6) is -0.0848. The van der Waals surface area contributed by atoms with E-state index in [4.69, 9.17) is 11.6 Å². The lowest BCUT2D eigenvalue weighted by Crippen LogP contribution is -2.32. The Morgan fingerprint density at radius 2 is 2.06 bits per heavy atom. The van der Waals surface area contributed by atoms with Gasteiger partial charge in [-0.15, -0.1) is 0 Å². The molecule has 1 aromatic carbocycles. The summed E-state index contributed by atoms with van der Waals surface area (Å²) in [6.45, 7) is 6.86. The Morgan fingerprint density at radius 3 is 2.56 bits per heavy atom. The van der Waals surface area contributed by atoms with Gasteiger partial charge in [0.1, 0.15) is 0 Å². The van der Waals surface area contributed by atoms with Crippen molar-refractivity contribution in [2.24, 2.45) is 5.41 Å².